The molecule has 0 heterocycles. The molecule has 0 saturated carbocycles. The van der Waals surface area contributed by atoms with E-state index in [9.17, 15) is 4.79 Å². The Morgan fingerprint density at radius 1 is 1.50 bits per heavy atom. The van der Waals surface area contributed by atoms with Gasteiger partial charge in [0.1, 0.15) is 5.60 Å². The molecule has 1 atom stereocenters. The van der Waals surface area contributed by atoms with Gasteiger partial charge in [0.25, 0.3) is 0 Å². The van der Waals surface area contributed by atoms with E-state index in [-0.39, 0.29) is 0 Å². The molecule has 0 spiro atoms. The second-order valence-corrected chi connectivity index (χ2v) is 3.97. The maximum absolute atomic E-state index is 11.0. The number of aliphatic hydroxyl groups is 1. The zero-order valence-corrected chi connectivity index (χ0v) is 9.16. The van der Waals surface area contributed by atoms with E-state index in [2.05, 4.69) is 4.84 Å². The van der Waals surface area contributed by atoms with Gasteiger partial charge in [-0.05, 0) is 20.8 Å². The van der Waals surface area contributed by atoms with Gasteiger partial charge in [-0.2, -0.15) is 5.48 Å². The Balaban J connectivity index is 3.64. The first kappa shape index (κ1) is 13.2. The Morgan fingerprint density at radius 2 is 2.07 bits per heavy atom. The third-order valence-electron chi connectivity index (χ3n) is 1.21. The van der Waals surface area contributed by atoms with Crippen LogP contribution in [0.5, 0.6) is 0 Å². The molecular formula is C9H19NO4. The highest BCUT2D eigenvalue weighted by Gasteiger charge is 2.16. The van der Waals surface area contributed by atoms with Crippen molar-refractivity contribution in [3.63, 3.8) is 0 Å². The summed E-state index contributed by atoms with van der Waals surface area (Å²) in [6, 6.07) is 0. The first-order chi connectivity index (χ1) is 6.35. The van der Waals surface area contributed by atoms with E-state index < -0.39 is 18.0 Å². The average molecular weight is 205 g/mol. The lowest BCUT2D eigenvalue weighted by atomic mass is 10.2. The summed E-state index contributed by atoms with van der Waals surface area (Å²) in [4.78, 5) is 15.6. The number of hydroxylamine groups is 1. The Labute approximate surface area is 84.3 Å². The van der Waals surface area contributed by atoms with Crippen molar-refractivity contribution in [2.24, 2.45) is 0 Å². The van der Waals surface area contributed by atoms with Crippen LogP contribution in [0.25, 0.3) is 0 Å². The molecular weight excluding hydrogens is 186 g/mol. The molecule has 0 fully saturated rings. The smallest absolute Gasteiger partial charge is 0.431 e. The van der Waals surface area contributed by atoms with Gasteiger partial charge in [-0.25, -0.2) is 9.63 Å². The van der Waals surface area contributed by atoms with E-state index in [1.165, 1.54) is 0 Å². The first-order valence-corrected chi connectivity index (χ1v) is 4.68. The number of nitrogens with one attached hydrogen (secondary N) is 1. The number of rotatable bonds is 4. The molecule has 0 radical (unpaired) electrons. The number of hydrogen-bond acceptors (Lipinski definition) is 4. The van der Waals surface area contributed by atoms with Crippen molar-refractivity contribution in [3.05, 3.63) is 0 Å². The number of aliphatic hydroxyl groups excluding tert-OH is 1. The lowest BCUT2D eigenvalue weighted by Crippen LogP contribution is -2.35. The molecule has 5 heteroatoms. The number of amides is 1. The molecule has 0 rings (SSSR count). The predicted molar refractivity (Wildman–Crippen MR) is 51.4 cm³/mol. The summed E-state index contributed by atoms with van der Waals surface area (Å²) in [5.41, 5.74) is 1.45. The molecule has 1 unspecified atom stereocenters. The van der Waals surface area contributed by atoms with Gasteiger partial charge in [0.15, 0.2) is 6.29 Å². The van der Waals surface area contributed by atoms with Crippen molar-refractivity contribution in [1.82, 2.24) is 5.48 Å². The summed E-state index contributed by atoms with van der Waals surface area (Å²) in [5, 5.41) is 9.10. The van der Waals surface area contributed by atoms with E-state index in [0.717, 1.165) is 6.42 Å². The van der Waals surface area contributed by atoms with Crippen LogP contribution in [-0.2, 0) is 9.57 Å². The highest BCUT2D eigenvalue weighted by Crippen LogP contribution is 2.06. The predicted octanol–water partition coefficient (Wildman–Crippen LogP) is 1.56. The quantitative estimate of drug-likeness (QED) is 0.540. The van der Waals surface area contributed by atoms with Gasteiger partial charge < -0.3 is 9.84 Å². The van der Waals surface area contributed by atoms with Crippen LogP contribution in [0.1, 0.15) is 40.5 Å². The lowest BCUT2D eigenvalue weighted by Gasteiger charge is -2.20. The molecule has 5 nitrogen and oxygen atoms in total. The SMILES string of the molecule is CCCC(O)ONC(=O)OC(C)(C)C. The van der Waals surface area contributed by atoms with Gasteiger partial charge >= 0.3 is 6.09 Å². The minimum atomic E-state index is -0.979. The van der Waals surface area contributed by atoms with Gasteiger partial charge in [-0.1, -0.05) is 13.3 Å². The molecule has 0 aliphatic rings. The minimum absolute atomic E-state index is 0.468. The summed E-state index contributed by atoms with van der Waals surface area (Å²) in [5.74, 6) is 0. The maximum atomic E-state index is 11.0. The molecule has 0 bridgehead atoms. The van der Waals surface area contributed by atoms with E-state index >= 15 is 0 Å². The van der Waals surface area contributed by atoms with Crippen molar-refractivity contribution >= 4 is 6.09 Å². The fourth-order valence-electron chi connectivity index (χ4n) is 0.721. The summed E-state index contributed by atoms with van der Waals surface area (Å²) in [6.07, 6.45) is -0.437. The van der Waals surface area contributed by atoms with Gasteiger partial charge in [0, 0.05) is 6.42 Å². The average Bonchev–Trinajstić information content (AvgIpc) is 1.98. The fraction of sp³-hybridized carbons (Fsp3) is 0.889. The van der Waals surface area contributed by atoms with Crippen LogP contribution in [0.3, 0.4) is 0 Å². The van der Waals surface area contributed by atoms with Crippen LogP contribution in [-0.4, -0.2) is 23.1 Å². The van der Waals surface area contributed by atoms with Crippen molar-refractivity contribution in [3.8, 4) is 0 Å². The second-order valence-electron chi connectivity index (χ2n) is 3.97. The number of carbonyl (C=O) groups is 1. The fourth-order valence-corrected chi connectivity index (χ4v) is 0.721. The van der Waals surface area contributed by atoms with E-state index in [4.69, 9.17) is 9.84 Å². The maximum Gasteiger partial charge on any atom is 0.431 e. The summed E-state index contributed by atoms with van der Waals surface area (Å²) in [7, 11) is 0. The first-order valence-electron chi connectivity index (χ1n) is 4.68. The molecule has 84 valence electrons. The van der Waals surface area contributed by atoms with Crippen molar-refractivity contribution in [1.29, 1.82) is 0 Å². The van der Waals surface area contributed by atoms with E-state index in [1.807, 2.05) is 12.4 Å². The number of hydrogen-bond donors (Lipinski definition) is 2. The van der Waals surface area contributed by atoms with Crippen LogP contribution in [0, 0.1) is 0 Å². The minimum Gasteiger partial charge on any atom is -0.442 e. The Bertz CT molecular complexity index is 176. The highest BCUT2D eigenvalue weighted by atomic mass is 16.8. The summed E-state index contributed by atoms with van der Waals surface area (Å²) >= 11 is 0. The molecule has 1 amide bonds. The van der Waals surface area contributed by atoms with Crippen molar-refractivity contribution < 1.29 is 19.5 Å². The Morgan fingerprint density at radius 3 is 2.50 bits per heavy atom. The number of carbonyl (C=O) groups excluding carboxylic acids is 1. The standard InChI is InChI=1S/C9H19NO4/c1-5-6-7(11)14-10-8(12)13-9(2,3)4/h7,11H,5-6H2,1-4H3,(H,10,12). The van der Waals surface area contributed by atoms with E-state index in [1.54, 1.807) is 20.8 Å². The van der Waals surface area contributed by atoms with Crippen LogP contribution in [0.4, 0.5) is 4.79 Å². The number of ether oxygens (including phenoxy) is 1. The molecule has 0 aliphatic heterocycles. The second kappa shape index (κ2) is 5.82. The molecule has 0 aromatic heterocycles. The monoisotopic (exact) mass is 205 g/mol. The van der Waals surface area contributed by atoms with Gasteiger partial charge in [0.05, 0.1) is 0 Å². The molecule has 2 N–H and O–H groups in total. The topological polar surface area (TPSA) is 67.8 Å². The van der Waals surface area contributed by atoms with E-state index in [0.29, 0.717) is 6.42 Å². The normalized spacial score (nSPS) is 13.5. The zero-order valence-electron chi connectivity index (χ0n) is 9.16. The third-order valence-corrected chi connectivity index (χ3v) is 1.21. The van der Waals surface area contributed by atoms with Gasteiger partial charge in [-0.15, -0.1) is 0 Å². The van der Waals surface area contributed by atoms with Crippen LogP contribution in [0.15, 0.2) is 0 Å². The van der Waals surface area contributed by atoms with Crippen LogP contribution in [0.2, 0.25) is 0 Å². The third kappa shape index (κ3) is 7.82. The Hall–Kier alpha value is -0.810. The zero-order chi connectivity index (χ0) is 11.2. The van der Waals surface area contributed by atoms with Crippen LogP contribution >= 0.6 is 0 Å². The lowest BCUT2D eigenvalue weighted by molar-refractivity contribution is -0.145. The van der Waals surface area contributed by atoms with Crippen LogP contribution < -0.4 is 5.48 Å². The highest BCUT2D eigenvalue weighted by molar-refractivity contribution is 5.66. The summed E-state index contributed by atoms with van der Waals surface area (Å²) in [6.45, 7) is 7.14. The molecule has 0 aromatic rings. The molecule has 0 aromatic carbocycles. The molecule has 0 aliphatic carbocycles. The molecule has 0 saturated heterocycles. The Kier molecular flexibility index (Phi) is 5.49. The molecule has 14 heavy (non-hydrogen) atoms. The van der Waals surface area contributed by atoms with Gasteiger partial charge in [0.2, 0.25) is 0 Å². The summed E-state index contributed by atoms with van der Waals surface area (Å²) < 4.78 is 4.88. The van der Waals surface area contributed by atoms with Crippen molar-refractivity contribution in [2.45, 2.75) is 52.4 Å². The van der Waals surface area contributed by atoms with Crippen molar-refractivity contribution in [2.75, 3.05) is 0 Å². The van der Waals surface area contributed by atoms with Gasteiger partial charge in [-0.3, -0.25) is 0 Å². The largest absolute Gasteiger partial charge is 0.442 e.